The second-order valence-corrected chi connectivity index (χ2v) is 4.08. The van der Waals surface area contributed by atoms with Gasteiger partial charge >= 0.3 is 6.18 Å². The maximum Gasteiger partial charge on any atom is 0.416 e. The van der Waals surface area contributed by atoms with Gasteiger partial charge in [0.1, 0.15) is 0 Å². The van der Waals surface area contributed by atoms with Crippen LogP contribution >= 0.6 is 11.6 Å². The minimum absolute atomic E-state index is 0.0109. The van der Waals surface area contributed by atoms with Crippen LogP contribution in [0.2, 0.25) is 5.02 Å². The Labute approximate surface area is 110 Å². The van der Waals surface area contributed by atoms with Crippen LogP contribution in [0.1, 0.15) is 5.56 Å². The monoisotopic (exact) mass is 289 g/mol. The van der Waals surface area contributed by atoms with Crippen LogP contribution in [-0.2, 0) is 6.18 Å². The van der Waals surface area contributed by atoms with Crippen molar-refractivity contribution in [2.45, 2.75) is 6.18 Å². The fourth-order valence-corrected chi connectivity index (χ4v) is 1.63. The quantitative estimate of drug-likeness (QED) is 0.877. The summed E-state index contributed by atoms with van der Waals surface area (Å²) in [5, 5.41) is 3.72. The van der Waals surface area contributed by atoms with Crippen molar-refractivity contribution in [2.75, 3.05) is 5.73 Å². The molecule has 0 radical (unpaired) electrons. The highest BCUT2D eigenvalue weighted by atomic mass is 35.5. The van der Waals surface area contributed by atoms with E-state index in [2.05, 4.69) is 5.10 Å². The van der Waals surface area contributed by atoms with Crippen molar-refractivity contribution >= 4 is 17.4 Å². The zero-order chi connectivity index (χ0) is 14.2. The first kappa shape index (κ1) is 13.4. The lowest BCUT2D eigenvalue weighted by Gasteiger charge is -2.11. The summed E-state index contributed by atoms with van der Waals surface area (Å²) in [7, 11) is 0. The molecule has 19 heavy (non-hydrogen) atoms. The summed E-state index contributed by atoms with van der Waals surface area (Å²) in [4.78, 5) is 11.1. The zero-order valence-electron chi connectivity index (χ0n) is 9.28. The molecule has 0 unspecified atom stereocenters. The van der Waals surface area contributed by atoms with Crippen LogP contribution in [0.3, 0.4) is 0 Å². The number of hydrogen-bond acceptors (Lipinski definition) is 3. The first-order chi connectivity index (χ1) is 8.79. The molecule has 4 nitrogen and oxygen atoms in total. The number of anilines is 1. The normalized spacial score (nSPS) is 11.6. The van der Waals surface area contributed by atoms with Crippen LogP contribution in [0.4, 0.5) is 19.0 Å². The van der Waals surface area contributed by atoms with E-state index in [1.807, 2.05) is 0 Å². The molecule has 1 aromatic heterocycles. The van der Waals surface area contributed by atoms with Crippen LogP contribution in [-0.4, -0.2) is 9.78 Å². The van der Waals surface area contributed by atoms with Crippen LogP contribution in [0.5, 0.6) is 0 Å². The molecular formula is C11H7ClF3N3O. The number of hydrogen-bond donors (Lipinski definition) is 1. The number of halogens is 4. The number of alkyl halides is 3. The predicted molar refractivity (Wildman–Crippen MR) is 64.3 cm³/mol. The van der Waals surface area contributed by atoms with Gasteiger partial charge in [0.2, 0.25) is 5.43 Å². The first-order valence-corrected chi connectivity index (χ1v) is 5.39. The molecule has 8 heteroatoms. The summed E-state index contributed by atoms with van der Waals surface area (Å²) < 4.78 is 38.9. The maximum atomic E-state index is 12.6. The third-order valence-electron chi connectivity index (χ3n) is 2.36. The second kappa shape index (κ2) is 4.58. The van der Waals surface area contributed by atoms with Gasteiger partial charge in [-0.15, -0.1) is 5.10 Å². The Morgan fingerprint density at radius 3 is 2.53 bits per heavy atom. The Morgan fingerprint density at radius 1 is 1.26 bits per heavy atom. The lowest BCUT2D eigenvalue weighted by molar-refractivity contribution is -0.137. The van der Waals surface area contributed by atoms with E-state index in [9.17, 15) is 18.0 Å². The Morgan fingerprint density at radius 2 is 1.95 bits per heavy atom. The van der Waals surface area contributed by atoms with Gasteiger partial charge in [-0.05, 0) is 18.2 Å². The second-order valence-electron chi connectivity index (χ2n) is 3.67. The number of nitrogens with zero attached hydrogens (tertiary/aromatic N) is 2. The number of benzene rings is 1. The Balaban J connectivity index is 2.61. The summed E-state index contributed by atoms with van der Waals surface area (Å²) in [6, 6.07) is 3.89. The van der Waals surface area contributed by atoms with E-state index in [4.69, 9.17) is 17.3 Å². The van der Waals surface area contributed by atoms with E-state index in [-0.39, 0.29) is 16.5 Å². The van der Waals surface area contributed by atoms with E-state index in [1.165, 1.54) is 6.20 Å². The Hall–Kier alpha value is -2.02. The van der Waals surface area contributed by atoms with Crippen LogP contribution in [0.25, 0.3) is 5.69 Å². The van der Waals surface area contributed by atoms with Crippen molar-refractivity contribution in [3.05, 3.63) is 51.3 Å². The Bertz CT molecular complexity index is 682. The highest BCUT2D eigenvalue weighted by Gasteiger charge is 2.31. The fraction of sp³-hybridized carbons (Fsp3) is 0.0909. The third-order valence-corrected chi connectivity index (χ3v) is 2.67. The molecule has 2 N–H and O–H groups in total. The maximum absolute atomic E-state index is 12.6. The smallest absolute Gasteiger partial charge is 0.379 e. The SMILES string of the molecule is Nc1nn(-c2cc(C(F)(F)F)ccc2Cl)ccc1=O. The van der Waals surface area contributed by atoms with Crippen LogP contribution in [0.15, 0.2) is 35.3 Å². The number of nitrogens with two attached hydrogens (primary N) is 1. The summed E-state index contributed by atoms with van der Waals surface area (Å²) >= 11 is 5.83. The average Bonchev–Trinajstić information content (AvgIpc) is 2.32. The molecule has 0 aliphatic rings. The zero-order valence-corrected chi connectivity index (χ0v) is 10.0. The molecule has 0 aliphatic heterocycles. The van der Waals surface area contributed by atoms with Crippen LogP contribution in [0, 0.1) is 0 Å². The topological polar surface area (TPSA) is 60.9 Å². The lowest BCUT2D eigenvalue weighted by atomic mass is 10.2. The minimum Gasteiger partial charge on any atom is -0.379 e. The number of aromatic nitrogens is 2. The number of rotatable bonds is 1. The van der Waals surface area contributed by atoms with Gasteiger partial charge in [-0.1, -0.05) is 11.6 Å². The molecule has 1 aromatic carbocycles. The average molecular weight is 290 g/mol. The Kier molecular flexibility index (Phi) is 3.23. The summed E-state index contributed by atoms with van der Waals surface area (Å²) in [6.07, 6.45) is -3.30. The highest BCUT2D eigenvalue weighted by molar-refractivity contribution is 6.32. The highest BCUT2D eigenvalue weighted by Crippen LogP contribution is 2.32. The largest absolute Gasteiger partial charge is 0.416 e. The van der Waals surface area contributed by atoms with Gasteiger partial charge in [0.15, 0.2) is 5.82 Å². The van der Waals surface area contributed by atoms with Gasteiger partial charge in [-0.3, -0.25) is 4.79 Å². The minimum atomic E-state index is -4.50. The van der Waals surface area contributed by atoms with Crippen molar-refractivity contribution < 1.29 is 13.2 Å². The molecule has 0 fully saturated rings. The van der Waals surface area contributed by atoms with Crippen molar-refractivity contribution in [3.8, 4) is 5.69 Å². The van der Waals surface area contributed by atoms with Gasteiger partial charge < -0.3 is 5.73 Å². The molecule has 0 saturated carbocycles. The van der Waals surface area contributed by atoms with E-state index in [1.54, 1.807) is 0 Å². The van der Waals surface area contributed by atoms with Gasteiger partial charge in [0, 0.05) is 12.3 Å². The molecule has 1 heterocycles. The van der Waals surface area contributed by atoms with Crippen molar-refractivity contribution in [2.24, 2.45) is 0 Å². The molecule has 0 amide bonds. The molecule has 0 spiro atoms. The predicted octanol–water partition coefficient (Wildman–Crippen LogP) is 2.49. The molecule has 0 atom stereocenters. The van der Waals surface area contributed by atoms with Gasteiger partial charge in [-0.25, -0.2) is 4.68 Å². The standard InChI is InChI=1S/C11H7ClF3N3O/c12-7-2-1-6(11(13,14)15)5-8(7)18-4-3-9(19)10(16)17-18/h1-5H,(H2,16,17). The molecule has 100 valence electrons. The molecule has 2 aromatic rings. The summed E-state index contributed by atoms with van der Waals surface area (Å²) in [5.41, 5.74) is 3.93. The molecule has 2 rings (SSSR count). The van der Waals surface area contributed by atoms with E-state index < -0.39 is 17.2 Å². The first-order valence-electron chi connectivity index (χ1n) is 5.01. The van der Waals surface area contributed by atoms with Gasteiger partial charge in [0.25, 0.3) is 0 Å². The third kappa shape index (κ3) is 2.70. The van der Waals surface area contributed by atoms with Crippen molar-refractivity contribution in [3.63, 3.8) is 0 Å². The van der Waals surface area contributed by atoms with Crippen LogP contribution < -0.4 is 11.2 Å². The molecule has 0 saturated heterocycles. The van der Waals surface area contributed by atoms with E-state index in [0.29, 0.717) is 0 Å². The lowest BCUT2D eigenvalue weighted by Crippen LogP contribution is -2.15. The molecule has 0 aliphatic carbocycles. The summed E-state index contributed by atoms with van der Waals surface area (Å²) in [5.74, 6) is -0.323. The van der Waals surface area contributed by atoms with Crippen molar-refractivity contribution in [1.29, 1.82) is 0 Å². The van der Waals surface area contributed by atoms with Gasteiger partial charge in [-0.2, -0.15) is 13.2 Å². The van der Waals surface area contributed by atoms with Crippen molar-refractivity contribution in [1.82, 2.24) is 9.78 Å². The summed E-state index contributed by atoms with van der Waals surface area (Å²) in [6.45, 7) is 0. The molecular weight excluding hydrogens is 283 g/mol. The van der Waals surface area contributed by atoms with E-state index >= 15 is 0 Å². The van der Waals surface area contributed by atoms with Gasteiger partial charge in [0.05, 0.1) is 16.3 Å². The molecule has 0 bridgehead atoms. The fourth-order valence-electron chi connectivity index (χ4n) is 1.42. The van der Waals surface area contributed by atoms with E-state index in [0.717, 1.165) is 28.9 Å². The number of nitrogen functional groups attached to an aromatic ring is 1.